The first-order valence-electron chi connectivity index (χ1n) is 5.41. The predicted molar refractivity (Wildman–Crippen MR) is 77.6 cm³/mol. The average Bonchev–Trinajstić information content (AvgIpc) is 2.83. The van der Waals surface area contributed by atoms with Gasteiger partial charge in [-0.1, -0.05) is 11.6 Å². The standard InChI is InChI=1S/C10H12BrClN2O2S2/c11-7-4-9(10(12)13-5-7)18(15,16)14-6-8-2-1-3-17-8/h4-5,8,14H,1-3,6H2. The lowest BCUT2D eigenvalue weighted by molar-refractivity contribution is 0.578. The molecule has 1 aromatic heterocycles. The van der Waals surface area contributed by atoms with E-state index in [1.54, 1.807) is 11.8 Å². The van der Waals surface area contributed by atoms with Crippen molar-refractivity contribution in [2.75, 3.05) is 12.3 Å². The van der Waals surface area contributed by atoms with Crippen LogP contribution in [0.4, 0.5) is 0 Å². The fraction of sp³-hybridized carbons (Fsp3) is 0.500. The maximum absolute atomic E-state index is 12.1. The van der Waals surface area contributed by atoms with Gasteiger partial charge < -0.3 is 0 Å². The second kappa shape index (κ2) is 6.09. The summed E-state index contributed by atoms with van der Waals surface area (Å²) in [5, 5.41) is 0.350. The van der Waals surface area contributed by atoms with Crippen LogP contribution >= 0.6 is 39.3 Å². The average molecular weight is 372 g/mol. The highest BCUT2D eigenvalue weighted by Gasteiger charge is 2.22. The molecule has 1 aromatic rings. The van der Waals surface area contributed by atoms with E-state index in [1.807, 2.05) is 0 Å². The topological polar surface area (TPSA) is 59.1 Å². The fourth-order valence-electron chi connectivity index (χ4n) is 1.68. The number of sulfonamides is 1. The molecule has 0 aromatic carbocycles. The molecular weight excluding hydrogens is 360 g/mol. The first kappa shape index (κ1) is 14.6. The molecular formula is C10H12BrClN2O2S2. The van der Waals surface area contributed by atoms with Crippen molar-refractivity contribution in [3.05, 3.63) is 21.9 Å². The van der Waals surface area contributed by atoms with E-state index in [4.69, 9.17) is 11.6 Å². The second-order valence-corrected chi connectivity index (χ2v) is 8.35. The molecule has 18 heavy (non-hydrogen) atoms. The fourth-order valence-corrected chi connectivity index (χ4v) is 5.01. The molecule has 1 N–H and O–H groups in total. The lowest BCUT2D eigenvalue weighted by Crippen LogP contribution is -2.30. The third-order valence-corrected chi connectivity index (χ3v) is 6.27. The van der Waals surface area contributed by atoms with Gasteiger partial charge in [0.25, 0.3) is 0 Å². The molecule has 1 fully saturated rings. The summed E-state index contributed by atoms with van der Waals surface area (Å²) >= 11 is 10.8. The molecule has 0 spiro atoms. The summed E-state index contributed by atoms with van der Waals surface area (Å²) in [6, 6.07) is 1.46. The molecule has 100 valence electrons. The minimum absolute atomic E-state index is 0.00947. The van der Waals surface area contributed by atoms with E-state index in [0.29, 0.717) is 16.3 Å². The Morgan fingerprint density at radius 3 is 3.06 bits per heavy atom. The van der Waals surface area contributed by atoms with Gasteiger partial charge in [-0.3, -0.25) is 0 Å². The van der Waals surface area contributed by atoms with Crippen molar-refractivity contribution in [3.8, 4) is 0 Å². The zero-order valence-electron chi connectivity index (χ0n) is 9.40. The Morgan fingerprint density at radius 1 is 1.61 bits per heavy atom. The summed E-state index contributed by atoms with van der Waals surface area (Å²) in [4.78, 5) is 3.83. The molecule has 0 aliphatic carbocycles. The maximum atomic E-state index is 12.1. The zero-order valence-corrected chi connectivity index (χ0v) is 13.4. The van der Waals surface area contributed by atoms with Gasteiger partial charge in [0.15, 0.2) is 0 Å². The monoisotopic (exact) mass is 370 g/mol. The Hall–Kier alpha value is 0.180. The van der Waals surface area contributed by atoms with Gasteiger partial charge in [0.1, 0.15) is 10.0 Å². The van der Waals surface area contributed by atoms with Crippen LogP contribution in [0.15, 0.2) is 21.6 Å². The summed E-state index contributed by atoms with van der Waals surface area (Å²) in [6.07, 6.45) is 3.67. The highest BCUT2D eigenvalue weighted by molar-refractivity contribution is 9.10. The molecule has 0 amide bonds. The van der Waals surface area contributed by atoms with Crippen LogP contribution in [0.3, 0.4) is 0 Å². The van der Waals surface area contributed by atoms with Crippen molar-refractivity contribution in [1.29, 1.82) is 0 Å². The van der Waals surface area contributed by atoms with Crippen molar-refractivity contribution in [2.24, 2.45) is 0 Å². The van der Waals surface area contributed by atoms with Crippen molar-refractivity contribution in [3.63, 3.8) is 0 Å². The molecule has 8 heteroatoms. The Morgan fingerprint density at radius 2 is 2.39 bits per heavy atom. The van der Waals surface area contributed by atoms with Crippen LogP contribution in [0, 0.1) is 0 Å². The summed E-state index contributed by atoms with van der Waals surface area (Å²) in [5.74, 6) is 1.10. The predicted octanol–water partition coefficient (Wildman–Crippen LogP) is 2.67. The van der Waals surface area contributed by atoms with Gasteiger partial charge in [0.05, 0.1) is 0 Å². The highest BCUT2D eigenvalue weighted by atomic mass is 79.9. The van der Waals surface area contributed by atoms with Crippen LogP contribution in [-0.2, 0) is 10.0 Å². The molecule has 4 nitrogen and oxygen atoms in total. The van der Waals surface area contributed by atoms with E-state index in [-0.39, 0.29) is 10.0 Å². The van der Waals surface area contributed by atoms with Crippen LogP contribution < -0.4 is 4.72 Å². The number of rotatable bonds is 4. The molecule has 2 rings (SSSR count). The van der Waals surface area contributed by atoms with E-state index in [2.05, 4.69) is 25.6 Å². The van der Waals surface area contributed by atoms with Crippen molar-refractivity contribution < 1.29 is 8.42 Å². The van der Waals surface area contributed by atoms with E-state index in [9.17, 15) is 8.42 Å². The number of halogens is 2. The van der Waals surface area contributed by atoms with Crippen molar-refractivity contribution in [2.45, 2.75) is 23.0 Å². The largest absolute Gasteiger partial charge is 0.243 e. The van der Waals surface area contributed by atoms with Crippen LogP contribution in [0.5, 0.6) is 0 Å². The molecule has 1 atom stereocenters. The minimum Gasteiger partial charge on any atom is -0.242 e. The number of nitrogens with zero attached hydrogens (tertiary/aromatic N) is 1. The molecule has 0 saturated carbocycles. The van der Waals surface area contributed by atoms with E-state index >= 15 is 0 Å². The lowest BCUT2D eigenvalue weighted by atomic mass is 10.2. The highest BCUT2D eigenvalue weighted by Crippen LogP contribution is 2.27. The lowest BCUT2D eigenvalue weighted by Gasteiger charge is -2.11. The Labute approximate surface area is 124 Å². The molecule has 0 bridgehead atoms. The first-order chi connectivity index (χ1) is 8.49. The zero-order chi connectivity index (χ0) is 13.2. The van der Waals surface area contributed by atoms with E-state index in [1.165, 1.54) is 12.3 Å². The third-order valence-electron chi connectivity index (χ3n) is 2.59. The SMILES string of the molecule is O=S(=O)(NCC1CCCS1)c1cc(Br)cnc1Cl. The number of nitrogens with one attached hydrogen (secondary N) is 1. The third kappa shape index (κ3) is 3.60. The van der Waals surface area contributed by atoms with E-state index < -0.39 is 10.0 Å². The number of thioether (sulfide) groups is 1. The van der Waals surface area contributed by atoms with Gasteiger partial charge in [0.2, 0.25) is 10.0 Å². The van der Waals surface area contributed by atoms with Crippen LogP contribution in [0.25, 0.3) is 0 Å². The van der Waals surface area contributed by atoms with Crippen LogP contribution in [0.1, 0.15) is 12.8 Å². The summed E-state index contributed by atoms with van der Waals surface area (Å²) in [6.45, 7) is 0.440. The van der Waals surface area contributed by atoms with Gasteiger partial charge in [-0.15, -0.1) is 0 Å². The molecule has 2 heterocycles. The van der Waals surface area contributed by atoms with Gasteiger partial charge in [-0.25, -0.2) is 18.1 Å². The summed E-state index contributed by atoms with van der Waals surface area (Å²) in [7, 11) is -3.59. The van der Waals surface area contributed by atoms with E-state index in [0.717, 1.165) is 18.6 Å². The minimum atomic E-state index is -3.59. The second-order valence-electron chi connectivity index (χ2n) is 3.93. The maximum Gasteiger partial charge on any atom is 0.243 e. The molecule has 1 unspecified atom stereocenters. The Bertz CT molecular complexity index is 533. The van der Waals surface area contributed by atoms with Crippen LogP contribution in [-0.4, -0.2) is 30.9 Å². The first-order valence-corrected chi connectivity index (χ1v) is 9.11. The van der Waals surface area contributed by atoms with Gasteiger partial charge in [-0.05, 0) is 40.6 Å². The molecule has 1 aliphatic rings. The van der Waals surface area contributed by atoms with Crippen molar-refractivity contribution >= 4 is 49.3 Å². The Kier molecular flexibility index (Phi) is 4.93. The summed E-state index contributed by atoms with van der Waals surface area (Å²) in [5.41, 5.74) is 0. The normalized spacial score (nSPS) is 20.2. The number of pyridine rings is 1. The number of hydrogen-bond donors (Lipinski definition) is 1. The van der Waals surface area contributed by atoms with Gasteiger partial charge in [0, 0.05) is 22.5 Å². The quantitative estimate of drug-likeness (QED) is 0.827. The molecule has 1 saturated heterocycles. The number of hydrogen-bond acceptors (Lipinski definition) is 4. The van der Waals surface area contributed by atoms with Crippen molar-refractivity contribution in [1.82, 2.24) is 9.71 Å². The molecule has 1 aliphatic heterocycles. The Balaban J connectivity index is 2.12. The van der Waals surface area contributed by atoms with Gasteiger partial charge >= 0.3 is 0 Å². The smallest absolute Gasteiger partial charge is 0.242 e. The summed E-state index contributed by atoms with van der Waals surface area (Å²) < 4.78 is 27.4. The van der Waals surface area contributed by atoms with Gasteiger partial charge in [-0.2, -0.15) is 11.8 Å². The number of aromatic nitrogens is 1. The van der Waals surface area contributed by atoms with Crippen LogP contribution in [0.2, 0.25) is 5.15 Å². The molecule has 0 radical (unpaired) electrons.